The Morgan fingerprint density at radius 2 is 1.93 bits per heavy atom. The van der Waals surface area contributed by atoms with Crippen molar-refractivity contribution in [2.45, 2.75) is 37.8 Å². The molecule has 0 spiro atoms. The summed E-state index contributed by atoms with van der Waals surface area (Å²) in [7, 11) is 0. The Labute approximate surface area is 181 Å². The van der Waals surface area contributed by atoms with Gasteiger partial charge in [0.05, 0.1) is 0 Å². The minimum Gasteiger partial charge on any atom is -0.423 e. The van der Waals surface area contributed by atoms with E-state index in [0.29, 0.717) is 34.6 Å². The number of piperidine rings is 1. The Morgan fingerprint density at radius 3 is 2.71 bits per heavy atom. The maximum absolute atomic E-state index is 13.0. The molecule has 154 valence electrons. The van der Waals surface area contributed by atoms with Crippen LogP contribution < -0.4 is 10.2 Å². The Kier molecular flexibility index (Phi) is 6.65. The van der Waals surface area contributed by atoms with E-state index in [-0.39, 0.29) is 30.7 Å². The van der Waals surface area contributed by atoms with Crippen LogP contribution >= 0.6 is 36.4 Å². The molecule has 0 radical (unpaired) electrons. The summed E-state index contributed by atoms with van der Waals surface area (Å²) < 4.78 is 5.87. The maximum Gasteiger partial charge on any atom is 0.298 e. The third-order valence-electron chi connectivity index (χ3n) is 6.13. The highest BCUT2D eigenvalue weighted by atomic mass is 35.5. The van der Waals surface area contributed by atoms with Crippen molar-refractivity contribution in [3.8, 4) is 0 Å². The molecule has 4 heterocycles. The largest absolute Gasteiger partial charge is 0.423 e. The third kappa shape index (κ3) is 3.80. The van der Waals surface area contributed by atoms with Gasteiger partial charge < -0.3 is 19.5 Å². The molecule has 3 aliphatic heterocycles. The van der Waals surface area contributed by atoms with Crippen molar-refractivity contribution in [3.63, 3.8) is 0 Å². The van der Waals surface area contributed by atoms with Crippen molar-refractivity contribution in [1.29, 1.82) is 0 Å². The summed E-state index contributed by atoms with van der Waals surface area (Å²) in [5.74, 6) is 0.481. The van der Waals surface area contributed by atoms with Gasteiger partial charge in [-0.1, -0.05) is 11.6 Å². The minimum absolute atomic E-state index is 0. The molecule has 3 aliphatic rings. The molecule has 6 nitrogen and oxygen atoms in total. The van der Waals surface area contributed by atoms with Crippen LogP contribution in [-0.4, -0.2) is 54.1 Å². The van der Waals surface area contributed by atoms with Gasteiger partial charge in [0.2, 0.25) is 5.91 Å². The lowest BCUT2D eigenvalue weighted by molar-refractivity contribution is -0.137. The number of fused-ring (bicyclic) bond motifs is 2. The zero-order chi connectivity index (χ0) is 17.7. The lowest BCUT2D eigenvalue weighted by Gasteiger charge is -2.34. The molecule has 9 heteroatoms. The number of hydrogen-bond acceptors (Lipinski definition) is 5. The number of hydrogen-bond donors (Lipinski definition) is 1. The Bertz CT molecular complexity index is 838. The first-order chi connectivity index (χ1) is 12.7. The molecule has 1 N–H and O–H groups in total. The molecule has 3 saturated heterocycles. The van der Waals surface area contributed by atoms with Crippen LogP contribution in [0.5, 0.6) is 0 Å². The molecule has 1 aromatic carbocycles. The first kappa shape index (κ1) is 21.5. The first-order valence-corrected chi connectivity index (χ1v) is 9.92. The number of nitrogens with one attached hydrogen (secondary N) is 1. The number of anilines is 1. The molecule has 2 aromatic rings. The van der Waals surface area contributed by atoms with Crippen molar-refractivity contribution in [3.05, 3.63) is 23.2 Å². The van der Waals surface area contributed by atoms with E-state index in [4.69, 9.17) is 16.0 Å². The fraction of sp³-hybridized carbons (Fsp3) is 0.579. The van der Waals surface area contributed by atoms with Crippen LogP contribution in [0.25, 0.3) is 11.1 Å². The summed E-state index contributed by atoms with van der Waals surface area (Å²) in [5.41, 5.74) is 1.53. The van der Waals surface area contributed by atoms with Gasteiger partial charge >= 0.3 is 0 Å². The van der Waals surface area contributed by atoms with Crippen LogP contribution in [0.2, 0.25) is 5.02 Å². The van der Waals surface area contributed by atoms with Gasteiger partial charge in [0.1, 0.15) is 5.52 Å². The van der Waals surface area contributed by atoms with E-state index in [1.54, 1.807) is 6.07 Å². The standard InChI is InChI=1S/C19H23ClN4O2.2ClH/c20-13-1-2-15-17(11-13)26-19(22-15)23-8-4-12(5-9-23)18(25)24-10-6-14-16(24)3-7-21-14;;/h1-2,11-12,14,16,21H,3-10H2;2*1H/t14-,16-;;/m0../s1. The highest BCUT2D eigenvalue weighted by Gasteiger charge is 2.42. The SMILES string of the molecule is Cl.Cl.O=C(C1CCN(c2nc3ccc(Cl)cc3o2)CC1)N1CC[C@@H]2NCC[C@@H]21. The molecule has 0 bridgehead atoms. The molecule has 0 unspecified atom stereocenters. The number of rotatable bonds is 2. The number of oxazole rings is 1. The highest BCUT2D eigenvalue weighted by molar-refractivity contribution is 6.31. The van der Waals surface area contributed by atoms with Crippen molar-refractivity contribution < 1.29 is 9.21 Å². The molecule has 3 fully saturated rings. The Balaban J connectivity index is 0.00000112. The maximum atomic E-state index is 13.0. The predicted molar refractivity (Wildman–Crippen MR) is 115 cm³/mol. The van der Waals surface area contributed by atoms with E-state index in [2.05, 4.69) is 20.1 Å². The summed E-state index contributed by atoms with van der Waals surface area (Å²) in [5, 5.41) is 4.17. The average molecular weight is 448 g/mol. The lowest BCUT2D eigenvalue weighted by Crippen LogP contribution is -2.45. The van der Waals surface area contributed by atoms with Gasteiger partial charge in [-0.15, -0.1) is 24.8 Å². The zero-order valence-corrected chi connectivity index (χ0v) is 17.9. The molecule has 0 saturated carbocycles. The Hall–Kier alpha value is -1.21. The van der Waals surface area contributed by atoms with Crippen molar-refractivity contribution in [2.24, 2.45) is 5.92 Å². The van der Waals surface area contributed by atoms with E-state index in [1.165, 1.54) is 0 Å². The Morgan fingerprint density at radius 1 is 1.14 bits per heavy atom. The summed E-state index contributed by atoms with van der Waals surface area (Å²) >= 11 is 6.02. The van der Waals surface area contributed by atoms with Crippen molar-refractivity contribution >= 4 is 59.4 Å². The van der Waals surface area contributed by atoms with E-state index < -0.39 is 0 Å². The number of nitrogens with zero attached hydrogens (tertiary/aromatic N) is 3. The fourth-order valence-corrected chi connectivity index (χ4v) is 4.87. The second kappa shape index (κ2) is 8.66. The van der Waals surface area contributed by atoms with Crippen molar-refractivity contribution in [2.75, 3.05) is 31.1 Å². The number of likely N-dealkylation sites (tertiary alicyclic amines) is 1. The molecule has 28 heavy (non-hydrogen) atoms. The topological polar surface area (TPSA) is 61.6 Å². The second-order valence-corrected chi connectivity index (χ2v) is 8.04. The molecular weight excluding hydrogens is 423 g/mol. The first-order valence-electron chi connectivity index (χ1n) is 9.54. The minimum atomic E-state index is 0. The van der Waals surface area contributed by atoms with Gasteiger partial charge in [0, 0.05) is 48.7 Å². The van der Waals surface area contributed by atoms with E-state index in [9.17, 15) is 4.79 Å². The quantitative estimate of drug-likeness (QED) is 0.763. The summed E-state index contributed by atoms with van der Waals surface area (Å²) in [6, 6.07) is 7.06. The van der Waals surface area contributed by atoms with Crippen LogP contribution in [0.15, 0.2) is 22.6 Å². The average Bonchev–Trinajstić information content (AvgIpc) is 3.36. The number of aromatic nitrogens is 1. The molecule has 2 atom stereocenters. The van der Waals surface area contributed by atoms with Gasteiger partial charge in [-0.05, 0) is 44.4 Å². The normalized spacial score (nSPS) is 24.8. The highest BCUT2D eigenvalue weighted by Crippen LogP contribution is 2.31. The summed E-state index contributed by atoms with van der Waals surface area (Å²) in [6.07, 6.45) is 3.92. The van der Waals surface area contributed by atoms with Crippen LogP contribution in [-0.2, 0) is 4.79 Å². The molecule has 5 rings (SSSR count). The summed E-state index contributed by atoms with van der Waals surface area (Å²) in [4.78, 5) is 21.8. The zero-order valence-electron chi connectivity index (χ0n) is 15.5. The predicted octanol–water partition coefficient (Wildman–Crippen LogP) is 3.50. The molecular formula is C19H25Cl3N4O2. The second-order valence-electron chi connectivity index (χ2n) is 7.61. The molecule has 1 aromatic heterocycles. The lowest BCUT2D eigenvalue weighted by atomic mass is 9.95. The number of carbonyl (C=O) groups excluding carboxylic acids is 1. The van der Waals surface area contributed by atoms with E-state index in [0.717, 1.165) is 57.4 Å². The number of amides is 1. The van der Waals surface area contributed by atoms with Gasteiger partial charge in [-0.2, -0.15) is 4.98 Å². The van der Waals surface area contributed by atoms with Crippen LogP contribution in [0.1, 0.15) is 25.7 Å². The smallest absolute Gasteiger partial charge is 0.298 e. The number of carbonyl (C=O) groups is 1. The van der Waals surface area contributed by atoms with Crippen LogP contribution in [0, 0.1) is 5.92 Å². The monoisotopic (exact) mass is 446 g/mol. The molecule has 1 amide bonds. The van der Waals surface area contributed by atoms with Gasteiger partial charge in [-0.3, -0.25) is 4.79 Å². The van der Waals surface area contributed by atoms with E-state index >= 15 is 0 Å². The molecule has 0 aliphatic carbocycles. The van der Waals surface area contributed by atoms with E-state index in [1.807, 2.05) is 12.1 Å². The van der Waals surface area contributed by atoms with Gasteiger partial charge in [0.25, 0.3) is 6.01 Å². The van der Waals surface area contributed by atoms with Crippen LogP contribution in [0.4, 0.5) is 6.01 Å². The van der Waals surface area contributed by atoms with Crippen molar-refractivity contribution in [1.82, 2.24) is 15.2 Å². The van der Waals surface area contributed by atoms with Gasteiger partial charge in [0.15, 0.2) is 5.58 Å². The number of benzene rings is 1. The fourth-order valence-electron chi connectivity index (χ4n) is 4.71. The third-order valence-corrected chi connectivity index (χ3v) is 6.36. The number of halogens is 3. The van der Waals surface area contributed by atoms with Gasteiger partial charge in [-0.25, -0.2) is 0 Å². The van der Waals surface area contributed by atoms with Crippen LogP contribution in [0.3, 0.4) is 0 Å². The summed E-state index contributed by atoms with van der Waals surface area (Å²) in [6.45, 7) is 3.56.